The van der Waals surface area contributed by atoms with Gasteiger partial charge in [0.2, 0.25) is 5.91 Å². The Kier molecular flexibility index (Phi) is 5.11. The van der Waals surface area contributed by atoms with E-state index in [0.29, 0.717) is 29.3 Å². The first-order valence-corrected chi connectivity index (χ1v) is 10.5. The molecule has 162 valence electrons. The Morgan fingerprint density at radius 1 is 0.875 bits per heavy atom. The zero-order valence-corrected chi connectivity index (χ0v) is 17.4. The number of nitrogens with zero attached hydrogens (tertiary/aromatic N) is 2. The van der Waals surface area contributed by atoms with Crippen LogP contribution in [-0.2, 0) is 14.4 Å². The van der Waals surface area contributed by atoms with Crippen LogP contribution in [0.15, 0.2) is 78.9 Å². The van der Waals surface area contributed by atoms with Gasteiger partial charge in [-0.3, -0.25) is 14.4 Å². The van der Waals surface area contributed by atoms with Gasteiger partial charge in [0.25, 0.3) is 5.91 Å². The highest BCUT2D eigenvalue weighted by molar-refractivity contribution is 6.23. The molecular weight excluding hydrogens is 411 g/mol. The highest BCUT2D eigenvalue weighted by atomic mass is 19.1. The Morgan fingerprint density at radius 2 is 1.56 bits per heavy atom. The Morgan fingerprint density at radius 3 is 2.22 bits per heavy atom. The lowest BCUT2D eigenvalue weighted by molar-refractivity contribution is -0.126. The molecule has 0 aliphatic carbocycles. The third-order valence-electron chi connectivity index (χ3n) is 5.74. The lowest BCUT2D eigenvalue weighted by atomic mass is 9.90. The minimum Gasteiger partial charge on any atom is -0.494 e. The van der Waals surface area contributed by atoms with Gasteiger partial charge in [-0.05, 0) is 61.0 Å². The monoisotopic (exact) mass is 432 g/mol. The molecule has 7 heteroatoms. The van der Waals surface area contributed by atoms with Crippen LogP contribution in [0.3, 0.4) is 0 Å². The zero-order valence-electron chi connectivity index (χ0n) is 17.4. The second kappa shape index (κ2) is 8.09. The average Bonchev–Trinajstić information content (AvgIpc) is 3.32. The van der Waals surface area contributed by atoms with E-state index in [2.05, 4.69) is 0 Å². The SMILES string of the molecule is CCOc1ccc(N2C(=O)[C@@H]3[C@@H](c4ccc(F)cc4)N(c4ccccc4)O[C@H]3C2=O)cc1. The summed E-state index contributed by atoms with van der Waals surface area (Å²) in [5, 5.41) is 1.59. The van der Waals surface area contributed by atoms with E-state index in [4.69, 9.17) is 9.57 Å². The third-order valence-corrected chi connectivity index (χ3v) is 5.74. The third kappa shape index (κ3) is 3.31. The van der Waals surface area contributed by atoms with Crippen LogP contribution in [0.2, 0.25) is 0 Å². The summed E-state index contributed by atoms with van der Waals surface area (Å²) in [5.74, 6) is -1.25. The van der Waals surface area contributed by atoms with Gasteiger partial charge in [0.1, 0.15) is 17.5 Å². The maximum atomic E-state index is 13.6. The molecule has 0 saturated carbocycles. The highest BCUT2D eigenvalue weighted by Gasteiger charge is 2.60. The molecule has 5 rings (SSSR count). The molecule has 3 aromatic carbocycles. The number of para-hydroxylation sites is 1. The first-order chi connectivity index (χ1) is 15.6. The number of imide groups is 1. The molecule has 0 aromatic heterocycles. The van der Waals surface area contributed by atoms with Crippen molar-refractivity contribution in [3.05, 3.63) is 90.2 Å². The van der Waals surface area contributed by atoms with Crippen LogP contribution in [0, 0.1) is 11.7 Å². The molecule has 2 saturated heterocycles. The van der Waals surface area contributed by atoms with E-state index in [-0.39, 0.29) is 11.7 Å². The van der Waals surface area contributed by atoms with Crippen LogP contribution in [0.25, 0.3) is 0 Å². The van der Waals surface area contributed by atoms with Crippen molar-refractivity contribution in [1.29, 1.82) is 0 Å². The van der Waals surface area contributed by atoms with Crippen LogP contribution in [0.4, 0.5) is 15.8 Å². The lowest BCUT2D eigenvalue weighted by Gasteiger charge is -2.28. The van der Waals surface area contributed by atoms with Crippen molar-refractivity contribution in [1.82, 2.24) is 0 Å². The number of ether oxygens (including phenoxy) is 1. The highest BCUT2D eigenvalue weighted by Crippen LogP contribution is 2.47. The predicted molar refractivity (Wildman–Crippen MR) is 117 cm³/mol. The summed E-state index contributed by atoms with van der Waals surface area (Å²) < 4.78 is 19.0. The number of hydrogen-bond donors (Lipinski definition) is 0. The van der Waals surface area contributed by atoms with E-state index in [1.165, 1.54) is 17.0 Å². The fraction of sp³-hybridized carbons (Fsp3) is 0.200. The van der Waals surface area contributed by atoms with E-state index < -0.39 is 24.0 Å². The topological polar surface area (TPSA) is 59.1 Å². The zero-order chi connectivity index (χ0) is 22.2. The van der Waals surface area contributed by atoms with Crippen molar-refractivity contribution in [3.63, 3.8) is 0 Å². The minimum absolute atomic E-state index is 0.350. The van der Waals surface area contributed by atoms with Gasteiger partial charge in [0.05, 0.1) is 24.0 Å². The molecule has 32 heavy (non-hydrogen) atoms. The fourth-order valence-electron chi connectivity index (χ4n) is 4.32. The summed E-state index contributed by atoms with van der Waals surface area (Å²) in [5.41, 5.74) is 1.87. The molecular formula is C25H21FN2O4. The van der Waals surface area contributed by atoms with Gasteiger partial charge in [-0.2, -0.15) is 0 Å². The van der Waals surface area contributed by atoms with Gasteiger partial charge >= 0.3 is 0 Å². The molecule has 0 unspecified atom stereocenters. The quantitative estimate of drug-likeness (QED) is 0.564. The second-order valence-electron chi connectivity index (χ2n) is 7.65. The minimum atomic E-state index is -0.968. The maximum absolute atomic E-state index is 13.6. The van der Waals surface area contributed by atoms with Crippen molar-refractivity contribution in [3.8, 4) is 5.75 Å². The molecule has 0 radical (unpaired) electrons. The number of halogens is 1. The molecule has 0 N–H and O–H groups in total. The normalized spacial score (nSPS) is 22.4. The molecule has 6 nitrogen and oxygen atoms in total. The smallest absolute Gasteiger partial charge is 0.266 e. The number of benzene rings is 3. The van der Waals surface area contributed by atoms with Crippen molar-refractivity contribution in [2.75, 3.05) is 16.6 Å². The van der Waals surface area contributed by atoms with Crippen molar-refractivity contribution in [2.24, 2.45) is 5.92 Å². The largest absolute Gasteiger partial charge is 0.494 e. The molecule has 0 bridgehead atoms. The summed E-state index contributed by atoms with van der Waals surface area (Å²) >= 11 is 0. The van der Waals surface area contributed by atoms with Gasteiger partial charge in [-0.1, -0.05) is 30.3 Å². The number of hydroxylamine groups is 1. The molecule has 2 heterocycles. The summed E-state index contributed by atoms with van der Waals surface area (Å²) in [7, 11) is 0. The van der Waals surface area contributed by atoms with Gasteiger partial charge in [0.15, 0.2) is 6.10 Å². The van der Waals surface area contributed by atoms with Gasteiger partial charge in [-0.15, -0.1) is 0 Å². The number of hydrogen-bond acceptors (Lipinski definition) is 5. The molecule has 2 aliphatic rings. The van der Waals surface area contributed by atoms with Crippen LogP contribution in [0.1, 0.15) is 18.5 Å². The van der Waals surface area contributed by atoms with Crippen LogP contribution in [0.5, 0.6) is 5.75 Å². The second-order valence-corrected chi connectivity index (χ2v) is 7.65. The Balaban J connectivity index is 1.53. The average molecular weight is 432 g/mol. The first kappa shape index (κ1) is 20.2. The van der Waals surface area contributed by atoms with E-state index in [1.807, 2.05) is 37.3 Å². The number of anilines is 2. The number of carbonyl (C=O) groups excluding carboxylic acids is 2. The molecule has 2 amide bonds. The lowest BCUT2D eigenvalue weighted by Crippen LogP contribution is -2.37. The molecule has 2 aliphatic heterocycles. The van der Waals surface area contributed by atoms with Gasteiger partial charge in [-0.25, -0.2) is 14.4 Å². The van der Waals surface area contributed by atoms with Crippen molar-refractivity contribution in [2.45, 2.75) is 19.1 Å². The fourth-order valence-corrected chi connectivity index (χ4v) is 4.32. The van der Waals surface area contributed by atoms with Crippen molar-refractivity contribution >= 4 is 23.2 Å². The van der Waals surface area contributed by atoms with Gasteiger partial charge < -0.3 is 4.74 Å². The Bertz CT molecular complexity index is 1130. The Labute approximate surface area is 184 Å². The summed E-state index contributed by atoms with van der Waals surface area (Å²) in [6.45, 7) is 2.40. The number of carbonyl (C=O) groups is 2. The molecule has 0 spiro atoms. The Hall–Kier alpha value is -3.71. The number of fused-ring (bicyclic) bond motifs is 1. The van der Waals surface area contributed by atoms with Crippen molar-refractivity contribution < 1.29 is 23.6 Å². The maximum Gasteiger partial charge on any atom is 0.266 e. The summed E-state index contributed by atoms with van der Waals surface area (Å²) in [4.78, 5) is 34.0. The van der Waals surface area contributed by atoms with Crippen LogP contribution in [-0.4, -0.2) is 24.5 Å². The molecule has 2 fully saturated rings. The summed E-state index contributed by atoms with van der Waals surface area (Å²) in [6.07, 6.45) is -0.968. The van der Waals surface area contributed by atoms with Gasteiger partial charge in [0, 0.05) is 0 Å². The standard InChI is InChI=1S/C25H21FN2O4/c1-2-31-20-14-12-18(13-15-20)27-24(29)21-22(16-8-10-17(26)11-9-16)28(32-23(21)25(27)30)19-6-4-3-5-7-19/h3-15,21-23H,2H2,1H3/t21-,22-,23-/m1/s1. The van der Waals surface area contributed by atoms with E-state index >= 15 is 0 Å². The first-order valence-electron chi connectivity index (χ1n) is 10.5. The van der Waals surface area contributed by atoms with E-state index in [0.717, 1.165) is 0 Å². The molecule has 3 aromatic rings. The predicted octanol–water partition coefficient (Wildman–Crippen LogP) is 4.28. The molecule has 3 atom stereocenters. The number of amides is 2. The van der Waals surface area contributed by atoms with Crippen LogP contribution >= 0.6 is 0 Å². The van der Waals surface area contributed by atoms with E-state index in [9.17, 15) is 14.0 Å². The van der Waals surface area contributed by atoms with E-state index in [1.54, 1.807) is 41.5 Å². The van der Waals surface area contributed by atoms with Crippen LogP contribution < -0.4 is 14.7 Å². The summed E-state index contributed by atoms with van der Waals surface area (Å²) in [6, 6.07) is 21.4. The number of rotatable bonds is 5.